The van der Waals surface area contributed by atoms with Crippen molar-refractivity contribution >= 4 is 23.9 Å². The molecule has 0 spiro atoms. The fraction of sp³-hybridized carbons (Fsp3) is 0.680. The predicted molar refractivity (Wildman–Crippen MR) is 120 cm³/mol. The number of ether oxygens (including phenoxy) is 5. The lowest BCUT2D eigenvalue weighted by Gasteiger charge is -2.42. The molecule has 0 amide bonds. The molecule has 3 fully saturated rings. The Balaban J connectivity index is 1.86. The van der Waals surface area contributed by atoms with Gasteiger partial charge in [-0.2, -0.15) is 0 Å². The van der Waals surface area contributed by atoms with E-state index in [1.165, 1.54) is 6.92 Å². The number of carbonyl (C=O) groups is 4. The first-order valence-electron chi connectivity index (χ1n) is 12.0. The minimum Gasteiger partial charge on any atom is -0.461 e. The molecule has 0 aromatic rings. The summed E-state index contributed by atoms with van der Waals surface area (Å²) in [5.41, 5.74) is -3.98. The number of hydrogen-bond acceptors (Lipinski definition) is 11. The molecule has 11 heteroatoms. The Morgan fingerprint density at radius 2 is 1.92 bits per heavy atom. The molecule has 4 rings (SSSR count). The first-order valence-corrected chi connectivity index (χ1v) is 12.0. The second-order valence-corrected chi connectivity index (χ2v) is 10.3. The van der Waals surface area contributed by atoms with Crippen LogP contribution in [0.1, 0.15) is 53.4 Å². The van der Waals surface area contributed by atoms with Crippen LogP contribution in [0.5, 0.6) is 0 Å². The topological polar surface area (TPSA) is 158 Å². The molecule has 1 saturated carbocycles. The molecule has 3 heterocycles. The zero-order valence-corrected chi connectivity index (χ0v) is 20.8. The number of hydrogen-bond donors (Lipinski definition) is 2. The zero-order chi connectivity index (χ0) is 26.6. The van der Waals surface area contributed by atoms with E-state index in [1.54, 1.807) is 13.8 Å². The van der Waals surface area contributed by atoms with Gasteiger partial charge in [-0.05, 0) is 33.1 Å². The summed E-state index contributed by atoms with van der Waals surface area (Å²) in [7, 11) is 0. The maximum absolute atomic E-state index is 12.9. The smallest absolute Gasteiger partial charge is 0.338 e. The van der Waals surface area contributed by atoms with Gasteiger partial charge in [-0.3, -0.25) is 9.59 Å². The fourth-order valence-corrected chi connectivity index (χ4v) is 5.69. The molecule has 36 heavy (non-hydrogen) atoms. The first kappa shape index (κ1) is 26.3. The number of aliphatic hydroxyl groups excluding tert-OH is 1. The minimum atomic E-state index is -1.62. The van der Waals surface area contributed by atoms with Crippen LogP contribution in [-0.2, 0) is 42.9 Å². The lowest BCUT2D eigenvalue weighted by Crippen LogP contribution is -2.55. The molecule has 3 aliphatic heterocycles. The van der Waals surface area contributed by atoms with Crippen LogP contribution in [0.3, 0.4) is 0 Å². The molecule has 11 nitrogen and oxygen atoms in total. The van der Waals surface area contributed by atoms with E-state index in [0.29, 0.717) is 12.8 Å². The third-order valence-corrected chi connectivity index (χ3v) is 7.93. The van der Waals surface area contributed by atoms with Crippen LogP contribution < -0.4 is 0 Å². The average Bonchev–Trinajstić information content (AvgIpc) is 3.30. The number of fused-ring (bicyclic) bond motifs is 4. The summed E-state index contributed by atoms with van der Waals surface area (Å²) in [6.45, 7) is 8.73. The van der Waals surface area contributed by atoms with Crippen LogP contribution in [0.4, 0.5) is 0 Å². The highest BCUT2D eigenvalue weighted by molar-refractivity contribution is 5.94. The molecule has 198 valence electrons. The van der Waals surface area contributed by atoms with Gasteiger partial charge in [0.05, 0.1) is 29.3 Å². The molecule has 2 N–H and O–H groups in total. The summed E-state index contributed by atoms with van der Waals surface area (Å²) in [6, 6.07) is 0. The Morgan fingerprint density at radius 3 is 2.53 bits per heavy atom. The van der Waals surface area contributed by atoms with Crippen LogP contribution in [0, 0.1) is 5.92 Å². The third kappa shape index (κ3) is 4.12. The highest BCUT2D eigenvalue weighted by Crippen LogP contribution is 2.55. The zero-order valence-electron chi connectivity index (χ0n) is 20.8. The molecule has 0 aromatic heterocycles. The Kier molecular flexibility index (Phi) is 6.55. The van der Waals surface area contributed by atoms with Gasteiger partial charge in [-0.25, -0.2) is 9.59 Å². The monoisotopic (exact) mass is 508 g/mol. The summed E-state index contributed by atoms with van der Waals surface area (Å²) in [6.07, 6.45) is -2.21. The number of esters is 4. The van der Waals surface area contributed by atoms with Gasteiger partial charge in [0, 0.05) is 18.9 Å². The highest BCUT2D eigenvalue weighted by atomic mass is 16.7. The second-order valence-electron chi connectivity index (χ2n) is 10.3. The normalized spacial score (nSPS) is 39.3. The van der Waals surface area contributed by atoms with E-state index in [0.717, 1.165) is 0 Å². The van der Waals surface area contributed by atoms with Crippen molar-refractivity contribution in [3.8, 4) is 0 Å². The third-order valence-electron chi connectivity index (χ3n) is 7.93. The van der Waals surface area contributed by atoms with Crippen molar-refractivity contribution in [3.63, 3.8) is 0 Å². The van der Waals surface area contributed by atoms with E-state index in [1.807, 2.05) is 6.92 Å². The van der Waals surface area contributed by atoms with E-state index in [2.05, 4.69) is 6.58 Å². The maximum Gasteiger partial charge on any atom is 0.338 e. The van der Waals surface area contributed by atoms with Crippen LogP contribution in [0.25, 0.3) is 0 Å². The Labute approximate surface area is 208 Å². The van der Waals surface area contributed by atoms with Crippen LogP contribution >= 0.6 is 0 Å². The lowest BCUT2D eigenvalue weighted by atomic mass is 9.68. The summed E-state index contributed by atoms with van der Waals surface area (Å²) < 4.78 is 28.1. The van der Waals surface area contributed by atoms with Crippen LogP contribution in [-0.4, -0.2) is 82.4 Å². The lowest BCUT2D eigenvalue weighted by molar-refractivity contribution is -0.167. The van der Waals surface area contributed by atoms with Gasteiger partial charge < -0.3 is 33.9 Å². The average molecular weight is 509 g/mol. The molecule has 0 radical (unpaired) electrons. The Hall–Kier alpha value is -2.76. The second kappa shape index (κ2) is 8.97. The first-order chi connectivity index (χ1) is 16.8. The van der Waals surface area contributed by atoms with Gasteiger partial charge in [-0.1, -0.05) is 13.5 Å². The van der Waals surface area contributed by atoms with Gasteiger partial charge in [0.1, 0.15) is 30.0 Å². The van der Waals surface area contributed by atoms with Gasteiger partial charge in [-0.15, -0.1) is 0 Å². The van der Waals surface area contributed by atoms with Gasteiger partial charge >= 0.3 is 23.9 Å². The van der Waals surface area contributed by atoms with Crippen molar-refractivity contribution in [2.45, 2.75) is 88.5 Å². The SMILES string of the molecule is C=C(CO)C(=O)O[C@H]1C[C@@]2(C)OC(=O)[C@H](CC)[C@]2(O)CC[C@@]2(C)O[C@@H]2[C@H]2OC(=O)C(COC(C)=O)=C12. The van der Waals surface area contributed by atoms with Crippen LogP contribution in [0.2, 0.25) is 0 Å². The standard InChI is InChI=1S/C25H32O11/c1-6-15-22(30)36-24(5)9-16(33-20(28)12(2)10-26)17-14(11-32-13(3)27)21(29)34-18(17)19-23(4,35-19)7-8-25(15,24)31/h15-16,18-19,26,31H,2,6-11H2,1,3-5H3/t15-,16-,18-,19+,23+,24+,25+/m0/s1. The molecular weight excluding hydrogens is 476 g/mol. The van der Waals surface area contributed by atoms with Crippen molar-refractivity contribution in [1.29, 1.82) is 0 Å². The summed E-state index contributed by atoms with van der Waals surface area (Å²) in [5.74, 6) is -3.73. The number of epoxide rings is 1. The van der Waals surface area contributed by atoms with Crippen molar-refractivity contribution < 1.29 is 53.1 Å². The van der Waals surface area contributed by atoms with E-state index >= 15 is 0 Å². The molecule has 0 bridgehead atoms. The molecule has 0 aromatic carbocycles. The van der Waals surface area contributed by atoms with Crippen molar-refractivity contribution in [2.24, 2.45) is 5.92 Å². The van der Waals surface area contributed by atoms with E-state index in [4.69, 9.17) is 23.7 Å². The van der Waals surface area contributed by atoms with Gasteiger partial charge in [0.2, 0.25) is 0 Å². The summed E-state index contributed by atoms with van der Waals surface area (Å²) in [5, 5.41) is 21.3. The van der Waals surface area contributed by atoms with Crippen molar-refractivity contribution in [3.05, 3.63) is 23.3 Å². The minimum absolute atomic E-state index is 0.0236. The molecule has 0 unspecified atom stereocenters. The Bertz CT molecular complexity index is 1050. The largest absolute Gasteiger partial charge is 0.461 e. The highest BCUT2D eigenvalue weighted by Gasteiger charge is 2.69. The number of aliphatic hydroxyl groups is 2. The van der Waals surface area contributed by atoms with E-state index in [9.17, 15) is 29.4 Å². The summed E-state index contributed by atoms with van der Waals surface area (Å²) in [4.78, 5) is 50.0. The molecule has 1 aliphatic carbocycles. The van der Waals surface area contributed by atoms with Crippen molar-refractivity contribution in [1.82, 2.24) is 0 Å². The number of rotatable bonds is 6. The fourth-order valence-electron chi connectivity index (χ4n) is 5.69. The van der Waals surface area contributed by atoms with E-state index < -0.39 is 78.1 Å². The quantitative estimate of drug-likeness (QED) is 0.224. The predicted octanol–water partition coefficient (Wildman–Crippen LogP) is 0.646. The molecular formula is C25H32O11. The van der Waals surface area contributed by atoms with Gasteiger partial charge in [0.15, 0.2) is 6.10 Å². The number of carbonyl (C=O) groups excluding carboxylic acids is 4. The molecule has 4 aliphatic rings. The Morgan fingerprint density at radius 1 is 1.22 bits per heavy atom. The molecule has 7 atom stereocenters. The maximum atomic E-state index is 12.9. The molecule has 2 saturated heterocycles. The van der Waals surface area contributed by atoms with Crippen LogP contribution in [0.15, 0.2) is 23.3 Å². The summed E-state index contributed by atoms with van der Waals surface area (Å²) >= 11 is 0. The van der Waals surface area contributed by atoms with Crippen molar-refractivity contribution in [2.75, 3.05) is 13.2 Å². The van der Waals surface area contributed by atoms with Gasteiger partial charge in [0.25, 0.3) is 0 Å². The van der Waals surface area contributed by atoms with E-state index in [-0.39, 0.29) is 29.6 Å².